The number of nitrogens with zero attached hydrogens (tertiary/aromatic N) is 2. The maximum atomic E-state index is 6.13. The van der Waals surface area contributed by atoms with Crippen molar-refractivity contribution < 1.29 is 0 Å². The Bertz CT molecular complexity index is 1850. The molecule has 6 heteroatoms. The van der Waals surface area contributed by atoms with E-state index in [1.165, 1.54) is 11.1 Å². The van der Waals surface area contributed by atoms with Crippen molar-refractivity contribution in [3.8, 4) is 0 Å². The third-order valence-electron chi connectivity index (χ3n) is 7.41. The lowest BCUT2D eigenvalue weighted by Gasteiger charge is -2.06. The zero-order valence-electron chi connectivity index (χ0n) is 25.0. The molecule has 6 aromatic carbocycles. The molecule has 0 aliphatic carbocycles. The van der Waals surface area contributed by atoms with Gasteiger partial charge in [-0.05, 0) is 124 Å². The van der Waals surface area contributed by atoms with Crippen molar-refractivity contribution in [3.63, 3.8) is 0 Å². The summed E-state index contributed by atoms with van der Waals surface area (Å²) in [4.78, 5) is 9.33. The first-order valence-corrected chi connectivity index (χ1v) is 16.3. The second kappa shape index (κ2) is 15.3. The molecule has 6 aromatic rings. The molecule has 0 radical (unpaired) electrons. The molecule has 0 N–H and O–H groups in total. The summed E-state index contributed by atoms with van der Waals surface area (Å²) in [6, 6.07) is 46.9. The first-order valence-electron chi connectivity index (χ1n) is 14.8. The zero-order chi connectivity index (χ0) is 32.6. The van der Waals surface area contributed by atoms with Gasteiger partial charge in [-0.25, -0.2) is 9.98 Å². The minimum Gasteiger partial charge on any atom is -0.206 e. The highest BCUT2D eigenvalue weighted by molar-refractivity contribution is 6.31. The second-order valence-corrected chi connectivity index (χ2v) is 12.5. The number of rotatable bonds is 8. The van der Waals surface area contributed by atoms with Gasteiger partial charge in [-0.15, -0.1) is 0 Å². The van der Waals surface area contributed by atoms with E-state index in [2.05, 4.69) is 46.0 Å². The van der Waals surface area contributed by atoms with Crippen LogP contribution in [0.5, 0.6) is 0 Å². The normalized spacial score (nSPS) is 10.5. The summed E-state index contributed by atoms with van der Waals surface area (Å²) in [6.07, 6.45) is 0.779. The average molecular weight is 688 g/mol. The van der Waals surface area contributed by atoms with Crippen molar-refractivity contribution >= 4 is 80.7 Å². The Morgan fingerprint density at radius 2 is 0.617 bits per heavy atom. The number of aliphatic imine (C=N–C) groups is 2. The largest absolute Gasteiger partial charge is 0.206 e. The summed E-state index contributed by atoms with van der Waals surface area (Å²) < 4.78 is 0. The van der Waals surface area contributed by atoms with Crippen LogP contribution in [-0.2, 0) is 6.42 Å². The van der Waals surface area contributed by atoms with Crippen LogP contribution in [-0.4, -0.2) is 11.7 Å². The fraction of sp³-hybridized carbons (Fsp3) is 0.0244. The average Bonchev–Trinajstić information content (AvgIpc) is 3.09. The van der Waals surface area contributed by atoms with Gasteiger partial charge in [0.2, 0.25) is 0 Å². The second-order valence-electron chi connectivity index (χ2n) is 10.7. The van der Waals surface area contributed by atoms with Crippen molar-refractivity contribution in [2.75, 3.05) is 0 Å². The Morgan fingerprint density at radius 3 is 0.872 bits per heavy atom. The molecule has 2 nitrogen and oxygen atoms in total. The molecule has 0 atom stereocenters. The van der Waals surface area contributed by atoms with Gasteiger partial charge in [-0.3, -0.25) is 0 Å². The molecular formula is C41H26Cl4N2. The standard InChI is InChI=1S/C41H26Cl4N2/c42-34-13-5-30(6-14-34)40(31-7-15-35(43)16-8-31)26-46-38-21-1-28(2-22-38)25-29-3-23-39(24-4-29)47-27-41(32-9-17-36(44)18-10-32)33-11-19-37(45)20-12-33/h1-24H,25H2. The van der Waals surface area contributed by atoms with E-state index in [0.29, 0.717) is 20.1 Å². The van der Waals surface area contributed by atoms with Crippen LogP contribution in [0.4, 0.5) is 11.4 Å². The molecule has 6 rings (SSSR count). The van der Waals surface area contributed by atoms with Crippen LogP contribution in [0, 0.1) is 0 Å². The fourth-order valence-corrected chi connectivity index (χ4v) is 5.41. The summed E-state index contributed by atoms with van der Waals surface area (Å²) in [5.41, 5.74) is 9.53. The Hall–Kier alpha value is -4.62. The van der Waals surface area contributed by atoms with Crippen molar-refractivity contribution in [1.29, 1.82) is 0 Å². The Labute approximate surface area is 294 Å². The highest BCUT2D eigenvalue weighted by atomic mass is 35.5. The van der Waals surface area contributed by atoms with Crippen LogP contribution in [0.3, 0.4) is 0 Å². The monoisotopic (exact) mass is 686 g/mol. The summed E-state index contributed by atoms with van der Waals surface area (Å²) in [5.74, 6) is 6.51. The summed E-state index contributed by atoms with van der Waals surface area (Å²) in [5, 5.41) is 2.70. The van der Waals surface area contributed by atoms with Crippen LogP contribution in [0.1, 0.15) is 33.4 Å². The summed E-state index contributed by atoms with van der Waals surface area (Å²) in [7, 11) is 0. The van der Waals surface area contributed by atoms with E-state index >= 15 is 0 Å². The number of hydrogen-bond donors (Lipinski definition) is 0. The quantitative estimate of drug-likeness (QED) is 0.142. The molecular weight excluding hydrogens is 662 g/mol. The Morgan fingerprint density at radius 1 is 0.362 bits per heavy atom. The van der Waals surface area contributed by atoms with E-state index in [1.807, 2.05) is 121 Å². The first-order chi connectivity index (χ1) is 22.9. The van der Waals surface area contributed by atoms with E-state index < -0.39 is 0 Å². The molecule has 0 spiro atoms. The van der Waals surface area contributed by atoms with Gasteiger partial charge in [0.05, 0.1) is 22.5 Å². The molecule has 0 saturated heterocycles. The van der Waals surface area contributed by atoms with E-state index in [0.717, 1.165) is 51.2 Å². The lowest BCUT2D eigenvalue weighted by molar-refractivity contribution is 1.19. The van der Waals surface area contributed by atoms with Crippen LogP contribution in [0.25, 0.3) is 11.1 Å². The van der Waals surface area contributed by atoms with Gasteiger partial charge >= 0.3 is 0 Å². The van der Waals surface area contributed by atoms with Gasteiger partial charge in [-0.2, -0.15) is 0 Å². The number of benzene rings is 6. The van der Waals surface area contributed by atoms with Crippen LogP contribution in [0.2, 0.25) is 20.1 Å². The van der Waals surface area contributed by atoms with Gasteiger partial charge in [0.25, 0.3) is 0 Å². The molecule has 228 valence electrons. The smallest absolute Gasteiger partial charge is 0.0730 e. The molecule has 0 amide bonds. The summed E-state index contributed by atoms with van der Waals surface area (Å²) >= 11 is 24.5. The minimum atomic E-state index is 0.674. The molecule has 0 aliphatic rings. The maximum absolute atomic E-state index is 6.13. The minimum absolute atomic E-state index is 0.674. The van der Waals surface area contributed by atoms with Crippen molar-refractivity contribution in [2.45, 2.75) is 6.42 Å². The first kappa shape index (κ1) is 32.3. The van der Waals surface area contributed by atoms with Gasteiger partial charge in [-0.1, -0.05) is 119 Å². The molecule has 0 aliphatic heterocycles. The highest BCUT2D eigenvalue weighted by Crippen LogP contribution is 2.27. The van der Waals surface area contributed by atoms with E-state index in [9.17, 15) is 0 Å². The predicted molar refractivity (Wildman–Crippen MR) is 201 cm³/mol. The fourth-order valence-electron chi connectivity index (χ4n) is 4.91. The molecule has 0 fully saturated rings. The van der Waals surface area contributed by atoms with E-state index in [1.54, 1.807) is 0 Å². The van der Waals surface area contributed by atoms with Crippen molar-refractivity contribution in [2.24, 2.45) is 9.98 Å². The molecule has 0 bridgehead atoms. The maximum Gasteiger partial charge on any atom is 0.0730 e. The molecule has 47 heavy (non-hydrogen) atoms. The van der Waals surface area contributed by atoms with E-state index in [4.69, 9.17) is 46.4 Å². The molecule has 0 saturated carbocycles. The lowest BCUT2D eigenvalue weighted by atomic mass is 9.99. The molecule has 0 unspecified atom stereocenters. The highest BCUT2D eigenvalue weighted by Gasteiger charge is 2.07. The topological polar surface area (TPSA) is 24.7 Å². The zero-order valence-corrected chi connectivity index (χ0v) is 28.0. The summed E-state index contributed by atoms with van der Waals surface area (Å²) in [6.45, 7) is 0. The van der Waals surface area contributed by atoms with Gasteiger partial charge < -0.3 is 0 Å². The predicted octanol–water partition coefficient (Wildman–Crippen LogP) is 12.8. The van der Waals surface area contributed by atoms with Crippen molar-refractivity contribution in [3.05, 3.63) is 199 Å². The molecule has 0 aromatic heterocycles. The van der Waals surface area contributed by atoms with Gasteiger partial charge in [0, 0.05) is 20.1 Å². The molecule has 0 heterocycles. The number of halogens is 4. The van der Waals surface area contributed by atoms with Crippen LogP contribution in [0.15, 0.2) is 156 Å². The SMILES string of the molecule is Clc1ccc(C(=C=Nc2ccc(Cc3ccc(N=C=C(c4ccc(Cl)cc4)c4ccc(Cl)cc4)cc3)cc2)c2ccc(Cl)cc2)cc1. The number of hydrogen-bond acceptors (Lipinski definition) is 2. The Balaban J connectivity index is 1.20. The third-order valence-corrected chi connectivity index (χ3v) is 8.41. The lowest BCUT2D eigenvalue weighted by Crippen LogP contribution is -1.89. The van der Waals surface area contributed by atoms with Gasteiger partial charge in [0.1, 0.15) is 0 Å². The van der Waals surface area contributed by atoms with Crippen molar-refractivity contribution in [1.82, 2.24) is 0 Å². The van der Waals surface area contributed by atoms with Crippen LogP contribution < -0.4 is 0 Å². The van der Waals surface area contributed by atoms with Gasteiger partial charge in [0.15, 0.2) is 0 Å². The third kappa shape index (κ3) is 8.80. The van der Waals surface area contributed by atoms with Crippen LogP contribution >= 0.6 is 46.4 Å². The van der Waals surface area contributed by atoms with E-state index in [-0.39, 0.29) is 0 Å². The Kier molecular flexibility index (Phi) is 10.5.